The van der Waals surface area contributed by atoms with Gasteiger partial charge in [0.25, 0.3) is 0 Å². The molecule has 0 amide bonds. The van der Waals surface area contributed by atoms with Gasteiger partial charge in [0.2, 0.25) is 11.8 Å². The quantitative estimate of drug-likeness (QED) is 0.342. The number of nitrogens with zero attached hydrogens (tertiary/aromatic N) is 1. The Kier molecular flexibility index (Phi) is 3.60. The summed E-state index contributed by atoms with van der Waals surface area (Å²) in [5.41, 5.74) is 0.412. The van der Waals surface area contributed by atoms with E-state index in [0.29, 0.717) is 6.42 Å². The number of aromatic nitrogens is 1. The lowest BCUT2D eigenvalue weighted by Crippen LogP contribution is -1.98. The van der Waals surface area contributed by atoms with E-state index in [1.165, 1.54) is 6.07 Å². The molecule has 1 aromatic heterocycles. The third kappa shape index (κ3) is 2.43. The highest BCUT2D eigenvalue weighted by Crippen LogP contribution is 2.26. The molecule has 1 rings (SSSR count). The minimum Gasteiger partial charge on any atom is -0.492 e. The number of nitrogens with one attached hydrogen (secondary N) is 1. The number of rotatable bonds is 5. The summed E-state index contributed by atoms with van der Waals surface area (Å²) in [6.07, 6.45) is 3.48. The predicted octanol–water partition coefficient (Wildman–Crippen LogP) is 2.08. The van der Waals surface area contributed by atoms with Gasteiger partial charge in [-0.15, -0.1) is 4.73 Å². The van der Waals surface area contributed by atoms with Gasteiger partial charge >= 0.3 is 0 Å². The number of hydrogen-bond acceptors (Lipinski definition) is 4. The van der Waals surface area contributed by atoms with Crippen LogP contribution in [0.5, 0.6) is 11.8 Å². The lowest BCUT2D eigenvalue weighted by molar-refractivity contribution is 0.130. The Labute approximate surface area is 88.1 Å². The first-order valence-electron chi connectivity index (χ1n) is 4.98. The van der Waals surface area contributed by atoms with Gasteiger partial charge in [-0.1, -0.05) is 19.8 Å². The minimum atomic E-state index is -0.478. The highest BCUT2D eigenvalue weighted by Gasteiger charge is 2.16. The molecular formula is C10H16N2O3. The summed E-state index contributed by atoms with van der Waals surface area (Å²) in [6, 6.07) is 1.18. The Morgan fingerprint density at radius 2 is 2.07 bits per heavy atom. The van der Waals surface area contributed by atoms with E-state index in [1.807, 2.05) is 0 Å². The maximum atomic E-state index is 9.36. The standard InChI is InChI=1S/C10H16N2O3/c1-2-3-4-5-8(11)7-6-9(13)12(15)10(7)14/h6,11,13-15H,2-5H2,1H3. The second-order valence-corrected chi connectivity index (χ2v) is 3.49. The average molecular weight is 212 g/mol. The third-order valence-electron chi connectivity index (χ3n) is 2.29. The maximum Gasteiger partial charge on any atom is 0.238 e. The zero-order valence-electron chi connectivity index (χ0n) is 8.69. The molecule has 0 aliphatic carbocycles. The minimum absolute atomic E-state index is 0.186. The summed E-state index contributed by atoms with van der Waals surface area (Å²) in [4.78, 5) is 0. The highest BCUT2D eigenvalue weighted by atomic mass is 16.5. The molecule has 5 nitrogen and oxygen atoms in total. The Morgan fingerprint density at radius 3 is 2.53 bits per heavy atom. The van der Waals surface area contributed by atoms with Crippen molar-refractivity contribution < 1.29 is 15.4 Å². The summed E-state index contributed by atoms with van der Waals surface area (Å²) >= 11 is 0. The van der Waals surface area contributed by atoms with Gasteiger partial charge in [0.05, 0.1) is 5.56 Å². The normalized spacial score (nSPS) is 10.5. The summed E-state index contributed by atoms with van der Waals surface area (Å²) in [6.45, 7) is 2.07. The van der Waals surface area contributed by atoms with Crippen LogP contribution in [0.15, 0.2) is 6.07 Å². The lowest BCUT2D eigenvalue weighted by atomic mass is 10.1. The monoisotopic (exact) mass is 212 g/mol. The largest absolute Gasteiger partial charge is 0.492 e. The summed E-state index contributed by atoms with van der Waals surface area (Å²) < 4.78 is 0.268. The van der Waals surface area contributed by atoms with Crippen molar-refractivity contribution in [3.05, 3.63) is 11.6 Å². The van der Waals surface area contributed by atoms with Crippen LogP contribution in [-0.4, -0.2) is 25.9 Å². The molecule has 0 atom stereocenters. The van der Waals surface area contributed by atoms with E-state index < -0.39 is 11.8 Å². The third-order valence-corrected chi connectivity index (χ3v) is 2.29. The fourth-order valence-electron chi connectivity index (χ4n) is 1.39. The van der Waals surface area contributed by atoms with Crippen LogP contribution in [0.1, 0.15) is 38.2 Å². The van der Waals surface area contributed by atoms with E-state index in [9.17, 15) is 5.11 Å². The molecule has 5 heteroatoms. The number of hydrogen-bond donors (Lipinski definition) is 4. The smallest absolute Gasteiger partial charge is 0.238 e. The molecule has 0 saturated heterocycles. The Balaban J connectivity index is 2.70. The second-order valence-electron chi connectivity index (χ2n) is 3.49. The molecule has 84 valence electrons. The summed E-state index contributed by atoms with van der Waals surface area (Å²) in [5, 5.41) is 35.2. The molecule has 4 N–H and O–H groups in total. The average Bonchev–Trinajstić information content (AvgIpc) is 2.46. The topological polar surface area (TPSA) is 89.5 Å². The van der Waals surface area contributed by atoms with E-state index in [1.54, 1.807) is 0 Å². The van der Waals surface area contributed by atoms with Gasteiger partial charge in [-0.3, -0.25) is 0 Å². The Morgan fingerprint density at radius 1 is 1.40 bits per heavy atom. The van der Waals surface area contributed by atoms with E-state index in [0.717, 1.165) is 19.3 Å². The fourth-order valence-corrected chi connectivity index (χ4v) is 1.39. The van der Waals surface area contributed by atoms with Gasteiger partial charge in [0, 0.05) is 11.8 Å². The molecule has 0 spiro atoms. The molecular weight excluding hydrogens is 196 g/mol. The second kappa shape index (κ2) is 4.72. The Hall–Kier alpha value is -1.65. The lowest BCUT2D eigenvalue weighted by Gasteiger charge is -2.01. The predicted molar refractivity (Wildman–Crippen MR) is 55.9 cm³/mol. The molecule has 0 saturated carbocycles. The van der Waals surface area contributed by atoms with E-state index in [4.69, 9.17) is 15.7 Å². The van der Waals surface area contributed by atoms with Gasteiger partial charge < -0.3 is 20.8 Å². The van der Waals surface area contributed by atoms with Gasteiger partial charge in [0.15, 0.2) is 0 Å². The first-order valence-corrected chi connectivity index (χ1v) is 4.98. The number of aromatic hydroxyl groups is 2. The summed E-state index contributed by atoms with van der Waals surface area (Å²) in [5.74, 6) is -0.934. The van der Waals surface area contributed by atoms with E-state index in [-0.39, 0.29) is 16.0 Å². The molecule has 1 aromatic rings. The SMILES string of the molecule is CCCCCC(=N)c1cc(O)n(O)c1O. The molecule has 0 fully saturated rings. The van der Waals surface area contributed by atoms with Crippen LogP contribution in [0, 0.1) is 5.41 Å². The van der Waals surface area contributed by atoms with E-state index >= 15 is 0 Å². The van der Waals surface area contributed by atoms with Crippen molar-refractivity contribution in [2.75, 3.05) is 0 Å². The molecule has 0 bridgehead atoms. The maximum absolute atomic E-state index is 9.36. The van der Waals surface area contributed by atoms with Crippen LogP contribution in [0.3, 0.4) is 0 Å². The molecule has 0 radical (unpaired) electrons. The van der Waals surface area contributed by atoms with Gasteiger partial charge in [-0.25, -0.2) is 0 Å². The van der Waals surface area contributed by atoms with Gasteiger partial charge in [-0.2, -0.15) is 0 Å². The molecule has 1 heterocycles. The first kappa shape index (κ1) is 11.4. The fraction of sp³-hybridized carbons (Fsp3) is 0.500. The van der Waals surface area contributed by atoms with Crippen molar-refractivity contribution >= 4 is 5.71 Å². The van der Waals surface area contributed by atoms with Gasteiger partial charge in [-0.05, 0) is 12.8 Å². The van der Waals surface area contributed by atoms with Crippen molar-refractivity contribution in [2.24, 2.45) is 0 Å². The van der Waals surface area contributed by atoms with Crippen LogP contribution in [0.25, 0.3) is 0 Å². The zero-order valence-corrected chi connectivity index (χ0v) is 8.69. The van der Waals surface area contributed by atoms with Crippen LogP contribution in [0.2, 0.25) is 0 Å². The van der Waals surface area contributed by atoms with Crippen molar-refractivity contribution in [1.29, 1.82) is 5.41 Å². The number of unbranched alkanes of at least 4 members (excludes halogenated alkanes) is 2. The highest BCUT2D eigenvalue weighted by molar-refractivity contribution is 6.00. The van der Waals surface area contributed by atoms with Crippen molar-refractivity contribution in [3.63, 3.8) is 0 Å². The molecule has 0 aliphatic rings. The molecule has 0 unspecified atom stereocenters. The zero-order chi connectivity index (χ0) is 11.4. The van der Waals surface area contributed by atoms with Crippen LogP contribution in [0.4, 0.5) is 0 Å². The van der Waals surface area contributed by atoms with E-state index in [2.05, 4.69) is 6.92 Å². The molecule has 0 aromatic carbocycles. The summed E-state index contributed by atoms with van der Waals surface area (Å²) in [7, 11) is 0. The van der Waals surface area contributed by atoms with Crippen LogP contribution < -0.4 is 0 Å². The molecule has 0 aliphatic heterocycles. The van der Waals surface area contributed by atoms with Gasteiger partial charge in [0.1, 0.15) is 0 Å². The van der Waals surface area contributed by atoms with Crippen LogP contribution >= 0.6 is 0 Å². The van der Waals surface area contributed by atoms with Crippen molar-refractivity contribution in [3.8, 4) is 11.8 Å². The Bertz CT molecular complexity index is 358. The van der Waals surface area contributed by atoms with Crippen molar-refractivity contribution in [1.82, 2.24) is 4.73 Å². The first-order chi connectivity index (χ1) is 7.07. The van der Waals surface area contributed by atoms with Crippen molar-refractivity contribution in [2.45, 2.75) is 32.6 Å². The van der Waals surface area contributed by atoms with Crippen LogP contribution in [-0.2, 0) is 0 Å². The molecule has 15 heavy (non-hydrogen) atoms.